The molecule has 0 aliphatic heterocycles. The van der Waals surface area contributed by atoms with E-state index in [9.17, 15) is 0 Å². The number of rotatable bonds is 9. The van der Waals surface area contributed by atoms with E-state index in [0.29, 0.717) is 25.3 Å². The number of nitriles is 1. The molecule has 0 aliphatic carbocycles. The second-order valence-corrected chi connectivity index (χ2v) is 6.72. The Balaban J connectivity index is 1.33. The number of nitrogens with zero attached hydrogens (tertiary/aromatic N) is 5. The first-order valence-electron chi connectivity index (χ1n) is 9.84. The average molecular weight is 411 g/mol. The van der Waals surface area contributed by atoms with Crippen molar-refractivity contribution in [2.24, 2.45) is 0 Å². The molecule has 3 aromatic carbocycles. The number of ether oxygens (including phenoxy) is 2. The van der Waals surface area contributed by atoms with E-state index in [1.165, 1.54) is 0 Å². The van der Waals surface area contributed by atoms with E-state index in [2.05, 4.69) is 16.3 Å². The minimum Gasteiger partial charge on any atom is -0.492 e. The molecule has 0 bridgehead atoms. The molecule has 7 nitrogen and oxygen atoms in total. The van der Waals surface area contributed by atoms with Crippen molar-refractivity contribution >= 4 is 5.69 Å². The van der Waals surface area contributed by atoms with Crippen molar-refractivity contribution in [1.82, 2.24) is 14.9 Å². The smallest absolute Gasteiger partial charge is 0.139 e. The van der Waals surface area contributed by atoms with Crippen LogP contribution in [0.5, 0.6) is 11.5 Å². The molecule has 0 radical (unpaired) electrons. The number of benzene rings is 3. The molecule has 0 spiro atoms. The van der Waals surface area contributed by atoms with E-state index >= 15 is 0 Å². The van der Waals surface area contributed by atoms with Gasteiger partial charge in [0, 0.05) is 0 Å². The molecule has 0 fully saturated rings. The number of aromatic nitrogens is 3. The summed E-state index contributed by atoms with van der Waals surface area (Å²) in [7, 11) is 0. The highest BCUT2D eigenvalue weighted by Gasteiger charge is 2.09. The second-order valence-electron chi connectivity index (χ2n) is 6.72. The summed E-state index contributed by atoms with van der Waals surface area (Å²) in [5.74, 6) is 1.55. The Morgan fingerprint density at radius 2 is 1.45 bits per heavy atom. The summed E-state index contributed by atoms with van der Waals surface area (Å²) in [6.07, 6.45) is 3.24. The molecule has 0 atom stereocenters. The third kappa shape index (κ3) is 5.40. The fraction of sp³-hybridized carbons (Fsp3) is 0.125. The van der Waals surface area contributed by atoms with Crippen LogP contribution in [0.2, 0.25) is 0 Å². The number of anilines is 1. The number of hydrogen-bond donors (Lipinski definition) is 0. The predicted octanol–water partition coefficient (Wildman–Crippen LogP) is 4.08. The van der Waals surface area contributed by atoms with Gasteiger partial charge in [0.1, 0.15) is 37.4 Å². The van der Waals surface area contributed by atoms with E-state index in [1.807, 2.05) is 71.7 Å². The molecule has 1 aromatic heterocycles. The van der Waals surface area contributed by atoms with Crippen molar-refractivity contribution < 1.29 is 9.47 Å². The van der Waals surface area contributed by atoms with Crippen LogP contribution in [0.25, 0.3) is 0 Å². The van der Waals surface area contributed by atoms with Gasteiger partial charge in [0.15, 0.2) is 0 Å². The van der Waals surface area contributed by atoms with Gasteiger partial charge in [-0.25, -0.2) is 4.68 Å². The average Bonchev–Trinajstić information content (AvgIpc) is 3.37. The second kappa shape index (κ2) is 9.94. The first-order chi connectivity index (χ1) is 15.3. The van der Waals surface area contributed by atoms with E-state index in [0.717, 1.165) is 22.7 Å². The molecule has 4 aromatic rings. The van der Waals surface area contributed by atoms with Crippen LogP contribution < -0.4 is 14.5 Å². The molecular formula is C24H21N5O2. The molecule has 0 saturated heterocycles. The van der Waals surface area contributed by atoms with Gasteiger partial charge in [-0.05, 0) is 54.1 Å². The summed E-state index contributed by atoms with van der Waals surface area (Å²) in [6.45, 7) is 1.54. The van der Waals surface area contributed by atoms with E-state index in [4.69, 9.17) is 14.7 Å². The van der Waals surface area contributed by atoms with Gasteiger partial charge in [-0.2, -0.15) is 5.26 Å². The maximum Gasteiger partial charge on any atom is 0.139 e. The number of hydrogen-bond acceptors (Lipinski definition) is 6. The fourth-order valence-electron chi connectivity index (χ4n) is 3.03. The lowest BCUT2D eigenvalue weighted by Crippen LogP contribution is -2.32. The highest BCUT2D eigenvalue weighted by atomic mass is 16.5. The van der Waals surface area contributed by atoms with Crippen LogP contribution in [0.1, 0.15) is 11.1 Å². The minimum atomic E-state index is 0.447. The Labute approximate surface area is 180 Å². The van der Waals surface area contributed by atoms with Gasteiger partial charge in [0.2, 0.25) is 0 Å². The molecule has 0 aliphatic rings. The first kappa shape index (κ1) is 20.0. The van der Waals surface area contributed by atoms with E-state index in [1.54, 1.807) is 29.5 Å². The predicted molar refractivity (Wildman–Crippen MR) is 117 cm³/mol. The van der Waals surface area contributed by atoms with Crippen LogP contribution in [0.15, 0.2) is 91.5 Å². The fourth-order valence-corrected chi connectivity index (χ4v) is 3.03. The Bertz CT molecular complexity index is 1110. The van der Waals surface area contributed by atoms with Crippen LogP contribution >= 0.6 is 0 Å². The van der Waals surface area contributed by atoms with Crippen LogP contribution in [-0.4, -0.2) is 28.0 Å². The zero-order valence-electron chi connectivity index (χ0n) is 16.8. The summed E-state index contributed by atoms with van der Waals surface area (Å²) in [4.78, 5) is 0. The van der Waals surface area contributed by atoms with Crippen molar-refractivity contribution in [3.63, 3.8) is 0 Å². The van der Waals surface area contributed by atoms with Gasteiger partial charge in [-0.3, -0.25) is 5.01 Å². The molecule has 0 unspecified atom stereocenters. The summed E-state index contributed by atoms with van der Waals surface area (Å²) >= 11 is 0. The Hall–Kier alpha value is -4.31. The van der Waals surface area contributed by atoms with Crippen LogP contribution in [0.3, 0.4) is 0 Å². The molecule has 154 valence electrons. The molecule has 0 amide bonds. The Morgan fingerprint density at radius 3 is 2.10 bits per heavy atom. The largest absolute Gasteiger partial charge is 0.492 e. The van der Waals surface area contributed by atoms with Gasteiger partial charge in [0.25, 0.3) is 0 Å². The summed E-state index contributed by atoms with van der Waals surface area (Å²) in [5, 5.41) is 18.7. The van der Waals surface area contributed by atoms with Crippen molar-refractivity contribution in [2.45, 2.75) is 6.61 Å². The van der Waals surface area contributed by atoms with E-state index in [-0.39, 0.29) is 0 Å². The highest BCUT2D eigenvalue weighted by molar-refractivity contribution is 5.49. The summed E-state index contributed by atoms with van der Waals surface area (Å²) in [5.41, 5.74) is 2.64. The van der Waals surface area contributed by atoms with Crippen LogP contribution in [0, 0.1) is 11.3 Å². The highest BCUT2D eigenvalue weighted by Crippen LogP contribution is 2.20. The molecule has 0 saturated carbocycles. The van der Waals surface area contributed by atoms with Gasteiger partial charge in [-0.1, -0.05) is 30.3 Å². The molecule has 4 rings (SSSR count). The zero-order valence-corrected chi connectivity index (χ0v) is 16.8. The van der Waals surface area contributed by atoms with Crippen LogP contribution in [-0.2, 0) is 6.61 Å². The zero-order chi connectivity index (χ0) is 21.3. The molecular weight excluding hydrogens is 390 g/mol. The lowest BCUT2D eigenvalue weighted by atomic mass is 10.2. The molecule has 1 heterocycles. The quantitative estimate of drug-likeness (QED) is 0.413. The standard InChI is InChI=1S/C24H21N5O2/c25-16-20-6-8-22(9-7-20)29(28-18-26-27-19-28)14-15-30-23-10-12-24(13-11-23)31-17-21-4-2-1-3-5-21/h1-13,18-19H,14-15,17H2. The Morgan fingerprint density at radius 1 is 0.806 bits per heavy atom. The van der Waals surface area contributed by atoms with Gasteiger partial charge in [0.05, 0.1) is 23.9 Å². The third-order valence-corrected chi connectivity index (χ3v) is 4.62. The maximum atomic E-state index is 9.01. The van der Waals surface area contributed by atoms with Gasteiger partial charge >= 0.3 is 0 Å². The summed E-state index contributed by atoms with van der Waals surface area (Å²) in [6, 6.07) is 27.1. The lowest BCUT2D eigenvalue weighted by Gasteiger charge is -2.24. The topological polar surface area (TPSA) is 76.2 Å². The Kier molecular flexibility index (Phi) is 6.41. The van der Waals surface area contributed by atoms with Gasteiger partial charge < -0.3 is 9.47 Å². The molecule has 7 heteroatoms. The third-order valence-electron chi connectivity index (χ3n) is 4.62. The minimum absolute atomic E-state index is 0.447. The molecule has 0 N–H and O–H groups in total. The summed E-state index contributed by atoms with van der Waals surface area (Å²) < 4.78 is 13.5. The first-order valence-corrected chi connectivity index (χ1v) is 9.84. The van der Waals surface area contributed by atoms with Crippen molar-refractivity contribution in [1.29, 1.82) is 5.26 Å². The van der Waals surface area contributed by atoms with Crippen molar-refractivity contribution in [3.8, 4) is 17.6 Å². The molecule has 31 heavy (non-hydrogen) atoms. The van der Waals surface area contributed by atoms with Crippen molar-refractivity contribution in [2.75, 3.05) is 18.2 Å². The van der Waals surface area contributed by atoms with E-state index < -0.39 is 0 Å². The maximum absolute atomic E-state index is 9.01. The SMILES string of the molecule is N#Cc1ccc(N(CCOc2ccc(OCc3ccccc3)cc2)n2cnnc2)cc1. The van der Waals surface area contributed by atoms with Crippen molar-refractivity contribution in [3.05, 3.63) is 103 Å². The van der Waals surface area contributed by atoms with Gasteiger partial charge in [-0.15, -0.1) is 10.2 Å². The monoisotopic (exact) mass is 411 g/mol. The lowest BCUT2D eigenvalue weighted by molar-refractivity contribution is 0.302. The van der Waals surface area contributed by atoms with Crippen LogP contribution in [0.4, 0.5) is 5.69 Å². The normalized spacial score (nSPS) is 10.3.